The van der Waals surface area contributed by atoms with Crippen molar-refractivity contribution < 1.29 is 19.1 Å². The molecule has 0 aromatic carbocycles. The number of nitrogens with zero attached hydrogens (tertiary/aromatic N) is 2. The lowest BCUT2D eigenvalue weighted by Gasteiger charge is -2.28. The van der Waals surface area contributed by atoms with Crippen molar-refractivity contribution in [2.45, 2.75) is 45.1 Å². The average Bonchev–Trinajstić information content (AvgIpc) is 2.98. The van der Waals surface area contributed by atoms with Crippen LogP contribution >= 0.6 is 0 Å². The van der Waals surface area contributed by atoms with Crippen molar-refractivity contribution in [3.05, 3.63) is 53.2 Å². The van der Waals surface area contributed by atoms with Gasteiger partial charge in [0.15, 0.2) is 0 Å². The Hall–Kier alpha value is -2.63. The molecule has 132 valence electrons. The number of aromatic nitrogens is 1. The van der Waals surface area contributed by atoms with E-state index in [9.17, 15) is 9.59 Å². The summed E-state index contributed by atoms with van der Waals surface area (Å²) in [4.78, 5) is 29.9. The minimum atomic E-state index is -1.14. The van der Waals surface area contributed by atoms with Crippen LogP contribution in [0.5, 0.6) is 0 Å². The first-order valence-corrected chi connectivity index (χ1v) is 8.70. The molecule has 0 radical (unpaired) electrons. The molecule has 1 aliphatic heterocycles. The number of pyridine rings is 1. The van der Waals surface area contributed by atoms with Gasteiger partial charge in [0.2, 0.25) is 0 Å². The van der Waals surface area contributed by atoms with Crippen molar-refractivity contribution in [2.24, 2.45) is 0 Å². The van der Waals surface area contributed by atoms with Crippen molar-refractivity contribution in [1.82, 2.24) is 9.88 Å². The van der Waals surface area contributed by atoms with Crippen LogP contribution < -0.4 is 0 Å². The molecule has 6 heteroatoms. The summed E-state index contributed by atoms with van der Waals surface area (Å²) in [5, 5.41) is 9.10. The standard InChI is InChI=1S/C19H22N2O4/c1-2-13-10-11-17(25-13)16-9-4-3-5-12-21(16)18(22)14-7-6-8-15(20-14)19(23)24/h6-8,10-11,16H,2-5,9,12H2,1H3,(H,23,24). The molecular weight excluding hydrogens is 320 g/mol. The first-order chi connectivity index (χ1) is 12.1. The normalized spacial score (nSPS) is 18.0. The number of hydrogen-bond donors (Lipinski definition) is 1. The second-order valence-corrected chi connectivity index (χ2v) is 6.23. The van der Waals surface area contributed by atoms with E-state index in [4.69, 9.17) is 9.52 Å². The molecule has 25 heavy (non-hydrogen) atoms. The fourth-order valence-electron chi connectivity index (χ4n) is 3.23. The fraction of sp³-hybridized carbons (Fsp3) is 0.421. The third-order valence-corrected chi connectivity index (χ3v) is 4.56. The van der Waals surface area contributed by atoms with Gasteiger partial charge in [-0.05, 0) is 37.1 Å². The molecule has 2 aromatic rings. The van der Waals surface area contributed by atoms with E-state index in [1.165, 1.54) is 6.07 Å². The number of furan rings is 1. The van der Waals surface area contributed by atoms with Crippen molar-refractivity contribution in [2.75, 3.05) is 6.54 Å². The predicted octanol–water partition coefficient (Wildman–Crippen LogP) is 3.69. The van der Waals surface area contributed by atoms with Gasteiger partial charge in [0.05, 0.1) is 6.04 Å². The van der Waals surface area contributed by atoms with Crippen LogP contribution in [0.1, 0.15) is 71.1 Å². The lowest BCUT2D eigenvalue weighted by Crippen LogP contribution is -2.35. The molecule has 3 heterocycles. The summed E-state index contributed by atoms with van der Waals surface area (Å²) in [6, 6.07) is 8.27. The van der Waals surface area contributed by atoms with Gasteiger partial charge in [0.1, 0.15) is 22.9 Å². The molecule has 0 spiro atoms. The number of aromatic carboxylic acids is 1. The number of amides is 1. The van der Waals surface area contributed by atoms with Gasteiger partial charge in [-0.25, -0.2) is 9.78 Å². The van der Waals surface area contributed by atoms with E-state index >= 15 is 0 Å². The molecule has 1 aliphatic rings. The van der Waals surface area contributed by atoms with E-state index in [0.717, 1.165) is 43.6 Å². The van der Waals surface area contributed by atoms with E-state index in [1.54, 1.807) is 17.0 Å². The second kappa shape index (κ2) is 7.51. The summed E-state index contributed by atoms with van der Waals surface area (Å²) in [6.07, 6.45) is 4.65. The molecule has 3 rings (SSSR count). The highest BCUT2D eigenvalue weighted by Crippen LogP contribution is 2.32. The smallest absolute Gasteiger partial charge is 0.354 e. The van der Waals surface area contributed by atoms with Gasteiger partial charge in [-0.15, -0.1) is 0 Å². The molecule has 1 saturated heterocycles. The zero-order valence-electron chi connectivity index (χ0n) is 14.3. The van der Waals surface area contributed by atoms with Gasteiger partial charge in [-0.3, -0.25) is 4.79 Å². The summed E-state index contributed by atoms with van der Waals surface area (Å²) in [7, 11) is 0. The molecule has 1 unspecified atom stereocenters. The van der Waals surface area contributed by atoms with Crippen LogP contribution in [0, 0.1) is 0 Å². The number of carboxylic acid groups (broad SMARTS) is 1. The van der Waals surface area contributed by atoms with Gasteiger partial charge in [0.25, 0.3) is 5.91 Å². The lowest BCUT2D eigenvalue weighted by molar-refractivity contribution is 0.0649. The van der Waals surface area contributed by atoms with Gasteiger partial charge in [0, 0.05) is 13.0 Å². The molecule has 1 fully saturated rings. The Bertz CT molecular complexity index is 768. The molecule has 0 saturated carbocycles. The van der Waals surface area contributed by atoms with Gasteiger partial charge in [-0.1, -0.05) is 25.8 Å². The number of carbonyl (C=O) groups excluding carboxylic acids is 1. The molecule has 1 amide bonds. The molecule has 0 bridgehead atoms. The number of rotatable bonds is 4. The maximum absolute atomic E-state index is 13.0. The minimum absolute atomic E-state index is 0.122. The van der Waals surface area contributed by atoms with Gasteiger partial charge >= 0.3 is 5.97 Å². The van der Waals surface area contributed by atoms with E-state index in [1.807, 2.05) is 19.1 Å². The molecular formula is C19H22N2O4. The molecule has 6 nitrogen and oxygen atoms in total. The Kier molecular flexibility index (Phi) is 5.16. The van der Waals surface area contributed by atoms with Crippen LogP contribution in [-0.4, -0.2) is 33.4 Å². The molecule has 1 N–H and O–H groups in total. The van der Waals surface area contributed by atoms with E-state index in [-0.39, 0.29) is 23.3 Å². The van der Waals surface area contributed by atoms with E-state index in [2.05, 4.69) is 4.98 Å². The maximum atomic E-state index is 13.0. The van der Waals surface area contributed by atoms with Crippen LogP contribution in [0.15, 0.2) is 34.7 Å². The zero-order valence-corrected chi connectivity index (χ0v) is 14.3. The summed E-state index contributed by atoms with van der Waals surface area (Å²) >= 11 is 0. The Labute approximate surface area is 146 Å². The van der Waals surface area contributed by atoms with Crippen molar-refractivity contribution in [3.63, 3.8) is 0 Å². The highest BCUT2D eigenvalue weighted by Gasteiger charge is 2.30. The van der Waals surface area contributed by atoms with Gasteiger partial charge in [-0.2, -0.15) is 0 Å². The van der Waals surface area contributed by atoms with Crippen molar-refractivity contribution in [3.8, 4) is 0 Å². The third kappa shape index (κ3) is 3.73. The highest BCUT2D eigenvalue weighted by molar-refractivity contribution is 5.94. The Morgan fingerprint density at radius 2 is 2.00 bits per heavy atom. The minimum Gasteiger partial charge on any atom is -0.477 e. The van der Waals surface area contributed by atoms with Crippen LogP contribution in [0.3, 0.4) is 0 Å². The number of carboxylic acids is 1. The highest BCUT2D eigenvalue weighted by atomic mass is 16.4. The number of carbonyl (C=O) groups is 2. The fourth-order valence-corrected chi connectivity index (χ4v) is 3.23. The quantitative estimate of drug-likeness (QED) is 0.916. The topological polar surface area (TPSA) is 83.6 Å². The predicted molar refractivity (Wildman–Crippen MR) is 91.5 cm³/mol. The maximum Gasteiger partial charge on any atom is 0.354 e. The van der Waals surface area contributed by atoms with Crippen LogP contribution in [0.25, 0.3) is 0 Å². The monoisotopic (exact) mass is 342 g/mol. The van der Waals surface area contributed by atoms with Crippen molar-refractivity contribution in [1.29, 1.82) is 0 Å². The Morgan fingerprint density at radius 1 is 1.20 bits per heavy atom. The van der Waals surface area contributed by atoms with E-state index < -0.39 is 5.97 Å². The zero-order chi connectivity index (χ0) is 17.8. The van der Waals surface area contributed by atoms with Crippen molar-refractivity contribution >= 4 is 11.9 Å². The van der Waals surface area contributed by atoms with Gasteiger partial charge < -0.3 is 14.4 Å². The van der Waals surface area contributed by atoms with Crippen LogP contribution in [0.2, 0.25) is 0 Å². The number of hydrogen-bond acceptors (Lipinski definition) is 4. The largest absolute Gasteiger partial charge is 0.477 e. The summed E-state index contributed by atoms with van der Waals surface area (Å²) in [5.74, 6) is 0.310. The van der Waals surface area contributed by atoms with E-state index in [0.29, 0.717) is 6.54 Å². The third-order valence-electron chi connectivity index (χ3n) is 4.56. The summed E-state index contributed by atoms with van der Waals surface area (Å²) in [6.45, 7) is 2.64. The first kappa shape index (κ1) is 17.2. The second-order valence-electron chi connectivity index (χ2n) is 6.23. The molecule has 1 atom stereocenters. The van der Waals surface area contributed by atoms with Crippen LogP contribution in [-0.2, 0) is 6.42 Å². The number of aryl methyl sites for hydroxylation is 1. The lowest BCUT2D eigenvalue weighted by atomic mass is 10.1. The summed E-state index contributed by atoms with van der Waals surface area (Å²) < 4.78 is 5.90. The van der Waals surface area contributed by atoms with Crippen LogP contribution in [0.4, 0.5) is 0 Å². The Morgan fingerprint density at radius 3 is 2.72 bits per heavy atom. The molecule has 0 aliphatic carbocycles. The Balaban J connectivity index is 1.91. The average molecular weight is 342 g/mol. The summed E-state index contributed by atoms with van der Waals surface area (Å²) in [5.41, 5.74) is 0.0394. The molecule has 2 aromatic heterocycles. The first-order valence-electron chi connectivity index (χ1n) is 8.70. The number of likely N-dealkylation sites (tertiary alicyclic amines) is 1. The SMILES string of the molecule is CCc1ccc(C2CCCCCN2C(=O)c2cccc(C(=O)O)n2)o1.